The molecule has 2 aliphatic rings. The van der Waals surface area contributed by atoms with Crippen molar-refractivity contribution in [1.82, 2.24) is 39.7 Å². The number of hydrogen-bond donors (Lipinski definition) is 3. The van der Waals surface area contributed by atoms with E-state index in [1.54, 1.807) is 30.3 Å². The predicted molar refractivity (Wildman–Crippen MR) is 184 cm³/mol. The van der Waals surface area contributed by atoms with Crippen molar-refractivity contribution in [1.29, 1.82) is 0 Å². The van der Waals surface area contributed by atoms with E-state index < -0.39 is 6.10 Å². The number of aryl methyl sites for hydroxylation is 1. The third-order valence-electron chi connectivity index (χ3n) is 9.84. The number of aromatic nitrogens is 6. The first-order valence-corrected chi connectivity index (χ1v) is 16.5. The number of halogens is 1. The number of benzene rings is 2. The van der Waals surface area contributed by atoms with Gasteiger partial charge in [-0.2, -0.15) is 0 Å². The maximum atomic E-state index is 13.8. The lowest BCUT2D eigenvalue weighted by Gasteiger charge is -2.37. The molecule has 49 heavy (non-hydrogen) atoms. The van der Waals surface area contributed by atoms with Gasteiger partial charge < -0.3 is 29.6 Å². The van der Waals surface area contributed by atoms with E-state index in [-0.39, 0.29) is 42.1 Å². The van der Waals surface area contributed by atoms with Crippen molar-refractivity contribution in [2.24, 2.45) is 0 Å². The molecule has 6 heterocycles. The Balaban J connectivity index is 1.05. The lowest BCUT2D eigenvalue weighted by atomic mass is 9.93. The number of imidazole rings is 2. The van der Waals surface area contributed by atoms with Crippen LogP contribution in [0.1, 0.15) is 81.4 Å². The molecule has 2 amide bonds. The molecule has 0 bridgehead atoms. The maximum absolute atomic E-state index is 13.8. The van der Waals surface area contributed by atoms with Crippen molar-refractivity contribution in [3.63, 3.8) is 0 Å². The minimum Gasteiger partial charge on any atom is -0.496 e. The third kappa shape index (κ3) is 5.01. The summed E-state index contributed by atoms with van der Waals surface area (Å²) in [4.78, 5) is 55.7. The Morgan fingerprint density at radius 2 is 1.63 bits per heavy atom. The Morgan fingerprint density at radius 1 is 0.918 bits per heavy atom. The van der Waals surface area contributed by atoms with Gasteiger partial charge in [-0.05, 0) is 68.3 Å². The highest BCUT2D eigenvalue weighted by Gasteiger charge is 2.36. The van der Waals surface area contributed by atoms with Gasteiger partial charge >= 0.3 is 0 Å². The second kappa shape index (κ2) is 11.7. The predicted octanol–water partition coefficient (Wildman–Crippen LogP) is 5.88. The lowest BCUT2D eigenvalue weighted by molar-refractivity contribution is 0.0432. The molecule has 6 aromatic rings. The van der Waals surface area contributed by atoms with Gasteiger partial charge in [0, 0.05) is 36.0 Å². The zero-order chi connectivity index (χ0) is 34.1. The number of carbonyl (C=O) groups is 2. The van der Waals surface area contributed by atoms with Gasteiger partial charge in [0.2, 0.25) is 0 Å². The number of H-pyrrole nitrogens is 2. The van der Waals surface area contributed by atoms with E-state index in [2.05, 4.69) is 19.9 Å². The van der Waals surface area contributed by atoms with E-state index in [0.29, 0.717) is 51.7 Å². The number of pyridine rings is 2. The van der Waals surface area contributed by atoms with Gasteiger partial charge in [-0.25, -0.2) is 15.0 Å². The number of nitrogens with one attached hydrogen (secondary N) is 2. The SMILES string of the molecule is COc1ccc2[nH]c(C(=O)N3CCc4ncc(-c5ccc6c(n5)C(O)CN(C(=O)c5nc7c(Cl)cccc7[nH]5)C6C)cc4[C@H]3C)nc2c1C. The van der Waals surface area contributed by atoms with Crippen molar-refractivity contribution in [3.8, 4) is 17.0 Å². The van der Waals surface area contributed by atoms with E-state index in [4.69, 9.17) is 26.3 Å². The van der Waals surface area contributed by atoms with Gasteiger partial charge in [-0.3, -0.25) is 14.6 Å². The number of aliphatic hydroxyl groups is 1. The molecule has 3 N–H and O–H groups in total. The van der Waals surface area contributed by atoms with Crippen molar-refractivity contribution in [2.45, 2.75) is 45.4 Å². The Kier molecular flexibility index (Phi) is 7.38. The Hall–Kier alpha value is -5.33. The molecule has 0 radical (unpaired) electrons. The van der Waals surface area contributed by atoms with Crippen LogP contribution in [0.25, 0.3) is 33.3 Å². The van der Waals surface area contributed by atoms with Crippen LogP contribution in [-0.2, 0) is 6.42 Å². The average molecular weight is 677 g/mol. The highest BCUT2D eigenvalue weighted by atomic mass is 35.5. The summed E-state index contributed by atoms with van der Waals surface area (Å²) in [7, 11) is 1.61. The first kappa shape index (κ1) is 31.0. The van der Waals surface area contributed by atoms with Gasteiger partial charge in [0.1, 0.15) is 17.4 Å². The number of β-amino-alcohol motifs (C(OH)–C–C–N with tert-alkyl or cyclic N) is 1. The number of ether oxygens (including phenoxy) is 1. The molecule has 8 rings (SSSR count). The largest absolute Gasteiger partial charge is 0.496 e. The third-order valence-corrected chi connectivity index (χ3v) is 10.1. The summed E-state index contributed by atoms with van der Waals surface area (Å²) in [6, 6.07) is 14.2. The van der Waals surface area contributed by atoms with Crippen LogP contribution in [0, 0.1) is 6.92 Å². The number of carbonyl (C=O) groups excluding carboxylic acids is 2. The molecule has 2 aliphatic heterocycles. The fraction of sp³-hybridized carbons (Fsp3) is 0.278. The molecule has 3 atom stereocenters. The van der Waals surface area contributed by atoms with Gasteiger partial charge in [-0.15, -0.1) is 0 Å². The van der Waals surface area contributed by atoms with Crippen LogP contribution in [0.15, 0.2) is 54.7 Å². The van der Waals surface area contributed by atoms with Crippen LogP contribution in [0.2, 0.25) is 5.02 Å². The van der Waals surface area contributed by atoms with E-state index in [0.717, 1.165) is 33.5 Å². The quantitative estimate of drug-likeness (QED) is 0.209. The Morgan fingerprint density at radius 3 is 2.39 bits per heavy atom. The molecule has 2 unspecified atom stereocenters. The fourth-order valence-corrected chi connectivity index (χ4v) is 7.31. The van der Waals surface area contributed by atoms with Crippen LogP contribution in [0.4, 0.5) is 0 Å². The molecule has 0 fully saturated rings. The second-order valence-electron chi connectivity index (χ2n) is 12.6. The van der Waals surface area contributed by atoms with Crippen LogP contribution in [-0.4, -0.2) is 76.8 Å². The molecule has 12 nitrogen and oxygen atoms in total. The van der Waals surface area contributed by atoms with E-state index in [9.17, 15) is 14.7 Å². The normalized spacial score (nSPS) is 18.9. The minimum atomic E-state index is -1.01. The number of aliphatic hydroxyl groups excluding tert-OH is 1. The molecule has 4 aromatic heterocycles. The number of aromatic amines is 2. The first-order chi connectivity index (χ1) is 23.6. The first-order valence-electron chi connectivity index (χ1n) is 16.1. The number of methoxy groups -OCH3 is 1. The summed E-state index contributed by atoms with van der Waals surface area (Å²) >= 11 is 6.28. The monoisotopic (exact) mass is 676 g/mol. The topological polar surface area (TPSA) is 153 Å². The number of rotatable bonds is 4. The van der Waals surface area contributed by atoms with Gasteiger partial charge in [0.15, 0.2) is 11.6 Å². The number of para-hydroxylation sites is 1. The second-order valence-corrected chi connectivity index (χ2v) is 13.0. The average Bonchev–Trinajstić information content (AvgIpc) is 3.76. The number of fused-ring (bicyclic) bond motifs is 4. The zero-order valence-electron chi connectivity index (χ0n) is 27.3. The van der Waals surface area contributed by atoms with Gasteiger partial charge in [0.25, 0.3) is 11.8 Å². The molecule has 13 heteroatoms. The number of amides is 2. The molecule has 0 saturated carbocycles. The molecular formula is C36H33ClN8O4. The van der Waals surface area contributed by atoms with Crippen molar-refractivity contribution >= 4 is 45.5 Å². The molecule has 2 aromatic carbocycles. The smallest absolute Gasteiger partial charge is 0.290 e. The minimum absolute atomic E-state index is 0.0544. The highest BCUT2D eigenvalue weighted by Crippen LogP contribution is 2.38. The molecule has 0 saturated heterocycles. The van der Waals surface area contributed by atoms with Crippen LogP contribution in [0.5, 0.6) is 5.75 Å². The number of hydrogen-bond acceptors (Lipinski definition) is 8. The summed E-state index contributed by atoms with van der Waals surface area (Å²) in [5.74, 6) is 0.633. The Labute approximate surface area is 286 Å². The standard InChI is InChI=1S/C36H33ClN8O4/c1-17-29(49-4)11-10-27-30(17)42-33(41-27)35(47)44-13-12-25-22(19(44)3)14-20(15-38-25)24-9-8-21-18(2)45(16-28(46)31(21)39-24)36(48)34-40-26-7-5-6-23(37)32(26)43-34/h5-11,14-15,18-19,28,46H,12-13,16H2,1-4H3,(H,40,43)(H,41,42)/t18?,19-,28?/m1/s1. The zero-order valence-corrected chi connectivity index (χ0v) is 28.0. The highest BCUT2D eigenvalue weighted by molar-refractivity contribution is 6.35. The lowest BCUT2D eigenvalue weighted by Crippen LogP contribution is -2.41. The maximum Gasteiger partial charge on any atom is 0.290 e. The van der Waals surface area contributed by atoms with Crippen molar-refractivity contribution in [2.75, 3.05) is 20.2 Å². The fourth-order valence-electron chi connectivity index (χ4n) is 7.10. The number of nitrogens with zero attached hydrogens (tertiary/aromatic N) is 6. The van der Waals surface area contributed by atoms with E-state index in [1.165, 1.54) is 0 Å². The van der Waals surface area contributed by atoms with Gasteiger partial charge in [-0.1, -0.05) is 23.7 Å². The summed E-state index contributed by atoms with van der Waals surface area (Å²) in [5, 5.41) is 11.7. The molecule has 0 aliphatic carbocycles. The molecule has 248 valence electrons. The van der Waals surface area contributed by atoms with E-state index >= 15 is 0 Å². The van der Waals surface area contributed by atoms with Crippen LogP contribution in [0.3, 0.4) is 0 Å². The van der Waals surface area contributed by atoms with Crippen LogP contribution >= 0.6 is 11.6 Å². The molecule has 0 spiro atoms. The Bertz CT molecular complexity index is 2320. The summed E-state index contributed by atoms with van der Waals surface area (Å²) in [6.45, 7) is 6.39. The van der Waals surface area contributed by atoms with Crippen molar-refractivity contribution in [3.05, 3.63) is 99.5 Å². The summed E-state index contributed by atoms with van der Waals surface area (Å²) in [6.07, 6.45) is 1.38. The molecular weight excluding hydrogens is 644 g/mol. The van der Waals surface area contributed by atoms with E-state index in [1.807, 2.05) is 62.1 Å². The summed E-state index contributed by atoms with van der Waals surface area (Å²) < 4.78 is 5.43. The van der Waals surface area contributed by atoms with Crippen molar-refractivity contribution < 1.29 is 19.4 Å². The van der Waals surface area contributed by atoms with Gasteiger partial charge in [0.05, 0.1) is 58.7 Å². The van der Waals surface area contributed by atoms with Crippen LogP contribution < -0.4 is 4.74 Å². The summed E-state index contributed by atoms with van der Waals surface area (Å²) in [5.41, 5.74) is 8.08.